The molecule has 2 rings (SSSR count). The van der Waals surface area contributed by atoms with E-state index in [1.165, 1.54) is 12.1 Å². The van der Waals surface area contributed by atoms with Crippen molar-refractivity contribution in [3.8, 4) is 5.75 Å². The third kappa shape index (κ3) is 4.14. The Labute approximate surface area is 122 Å². The van der Waals surface area contributed by atoms with Gasteiger partial charge in [0.25, 0.3) is 0 Å². The number of alkyl halides is 2. The first-order chi connectivity index (χ1) is 9.97. The number of carbonyl (C=O) groups is 1. The van der Waals surface area contributed by atoms with Gasteiger partial charge in [-0.2, -0.15) is 8.78 Å². The molecule has 1 aliphatic carbocycles. The summed E-state index contributed by atoms with van der Waals surface area (Å²) < 4.78 is 28.4. The zero-order valence-corrected chi connectivity index (χ0v) is 12.0. The molecule has 2 unspecified atom stereocenters. The van der Waals surface area contributed by atoms with Gasteiger partial charge in [0.2, 0.25) is 5.91 Å². The summed E-state index contributed by atoms with van der Waals surface area (Å²) in [6.07, 6.45) is 2.72. The lowest BCUT2D eigenvalue weighted by Gasteiger charge is -2.23. The molecule has 0 saturated heterocycles. The summed E-state index contributed by atoms with van der Waals surface area (Å²) in [5.41, 5.74) is 6.80. The van der Waals surface area contributed by atoms with Gasteiger partial charge in [-0.05, 0) is 30.5 Å². The molecule has 0 bridgehead atoms. The van der Waals surface area contributed by atoms with Gasteiger partial charge in [-0.25, -0.2) is 0 Å². The van der Waals surface area contributed by atoms with Crippen molar-refractivity contribution in [2.45, 2.75) is 38.5 Å². The van der Waals surface area contributed by atoms with Crippen LogP contribution in [0.5, 0.6) is 5.75 Å². The topological polar surface area (TPSA) is 55.6 Å². The summed E-state index contributed by atoms with van der Waals surface area (Å²) in [6, 6.07) is 6.25. The smallest absolute Gasteiger partial charge is 0.387 e. The molecule has 1 aliphatic rings. The number of rotatable bonds is 5. The summed E-state index contributed by atoms with van der Waals surface area (Å²) >= 11 is 0. The second kappa shape index (κ2) is 6.85. The number of carbonyl (C=O) groups excluding carboxylic acids is 1. The molecule has 4 nitrogen and oxygen atoms in total. The Morgan fingerprint density at radius 3 is 2.57 bits per heavy atom. The lowest BCUT2D eigenvalue weighted by Crippen LogP contribution is -2.39. The largest absolute Gasteiger partial charge is 0.435 e. The Balaban J connectivity index is 1.92. The highest BCUT2D eigenvalue weighted by atomic mass is 19.3. The van der Waals surface area contributed by atoms with E-state index in [1.807, 2.05) is 0 Å². The fourth-order valence-electron chi connectivity index (χ4n) is 2.71. The molecule has 21 heavy (non-hydrogen) atoms. The van der Waals surface area contributed by atoms with Crippen molar-refractivity contribution in [1.82, 2.24) is 4.90 Å². The van der Waals surface area contributed by atoms with E-state index in [0.717, 1.165) is 24.8 Å². The van der Waals surface area contributed by atoms with E-state index in [2.05, 4.69) is 4.74 Å². The molecule has 1 saturated carbocycles. The molecular weight excluding hydrogens is 278 g/mol. The van der Waals surface area contributed by atoms with Gasteiger partial charge in [-0.1, -0.05) is 18.6 Å². The van der Waals surface area contributed by atoms with Gasteiger partial charge in [-0.3, -0.25) is 4.79 Å². The average molecular weight is 298 g/mol. The first-order valence-electron chi connectivity index (χ1n) is 7.01. The molecule has 116 valence electrons. The molecule has 1 fully saturated rings. The highest BCUT2D eigenvalue weighted by molar-refractivity contribution is 5.79. The highest BCUT2D eigenvalue weighted by Gasteiger charge is 2.32. The number of halogens is 2. The van der Waals surface area contributed by atoms with E-state index < -0.39 is 6.61 Å². The molecule has 0 aromatic heterocycles. The molecule has 6 heteroatoms. The van der Waals surface area contributed by atoms with Gasteiger partial charge in [0.15, 0.2) is 0 Å². The molecule has 0 radical (unpaired) electrons. The lowest BCUT2D eigenvalue weighted by molar-refractivity contribution is -0.134. The minimum atomic E-state index is -2.83. The van der Waals surface area contributed by atoms with E-state index in [4.69, 9.17) is 5.73 Å². The molecule has 1 aromatic carbocycles. The minimum absolute atomic E-state index is 0.0490. The van der Waals surface area contributed by atoms with Crippen molar-refractivity contribution in [2.75, 3.05) is 7.05 Å². The number of nitrogens with two attached hydrogens (primary N) is 1. The van der Waals surface area contributed by atoms with Crippen molar-refractivity contribution in [3.05, 3.63) is 29.8 Å². The molecular formula is C15H20F2N2O2. The third-order valence-corrected chi connectivity index (χ3v) is 3.83. The van der Waals surface area contributed by atoms with Crippen LogP contribution in [-0.2, 0) is 11.3 Å². The van der Waals surface area contributed by atoms with Crippen LogP contribution in [0.2, 0.25) is 0 Å². The van der Waals surface area contributed by atoms with Gasteiger partial charge in [0, 0.05) is 19.6 Å². The predicted molar refractivity (Wildman–Crippen MR) is 74.9 cm³/mol. The van der Waals surface area contributed by atoms with Crippen LogP contribution in [0, 0.1) is 5.92 Å². The van der Waals surface area contributed by atoms with Gasteiger partial charge in [0.05, 0.1) is 5.92 Å². The normalized spacial score (nSPS) is 21.6. The molecule has 1 amide bonds. The quantitative estimate of drug-likeness (QED) is 0.908. The van der Waals surface area contributed by atoms with Gasteiger partial charge in [0.1, 0.15) is 5.75 Å². The van der Waals surface area contributed by atoms with Crippen LogP contribution >= 0.6 is 0 Å². The van der Waals surface area contributed by atoms with Crippen LogP contribution in [0.1, 0.15) is 24.8 Å². The number of nitrogens with zero attached hydrogens (tertiary/aromatic N) is 1. The van der Waals surface area contributed by atoms with E-state index in [-0.39, 0.29) is 23.6 Å². The Morgan fingerprint density at radius 1 is 1.38 bits per heavy atom. The maximum Gasteiger partial charge on any atom is 0.387 e. The maximum absolute atomic E-state index is 12.3. The molecule has 2 N–H and O–H groups in total. The third-order valence-electron chi connectivity index (χ3n) is 3.83. The van der Waals surface area contributed by atoms with Crippen LogP contribution < -0.4 is 10.5 Å². The van der Waals surface area contributed by atoms with Crippen molar-refractivity contribution < 1.29 is 18.3 Å². The van der Waals surface area contributed by atoms with Gasteiger partial charge < -0.3 is 15.4 Å². The number of amides is 1. The number of hydrogen-bond donors (Lipinski definition) is 1. The zero-order chi connectivity index (χ0) is 15.4. The number of hydrogen-bond acceptors (Lipinski definition) is 3. The van der Waals surface area contributed by atoms with Crippen molar-refractivity contribution in [2.24, 2.45) is 11.7 Å². The molecule has 0 aliphatic heterocycles. The summed E-state index contributed by atoms with van der Waals surface area (Å²) in [7, 11) is 1.73. The van der Waals surface area contributed by atoms with Crippen LogP contribution in [0.3, 0.4) is 0 Å². The number of benzene rings is 1. The predicted octanol–water partition coefficient (Wildman–Crippen LogP) is 2.37. The summed E-state index contributed by atoms with van der Waals surface area (Å²) in [4.78, 5) is 13.9. The van der Waals surface area contributed by atoms with Gasteiger partial charge in [-0.15, -0.1) is 0 Å². The highest BCUT2D eigenvalue weighted by Crippen LogP contribution is 2.26. The fourth-order valence-corrected chi connectivity index (χ4v) is 2.71. The van der Waals surface area contributed by atoms with E-state index in [1.54, 1.807) is 24.1 Å². The first kappa shape index (κ1) is 15.7. The van der Waals surface area contributed by atoms with Crippen LogP contribution in [-0.4, -0.2) is 30.5 Å². The minimum Gasteiger partial charge on any atom is -0.435 e. The zero-order valence-electron chi connectivity index (χ0n) is 12.0. The Kier molecular flexibility index (Phi) is 5.12. The van der Waals surface area contributed by atoms with E-state index in [9.17, 15) is 13.6 Å². The average Bonchev–Trinajstić information content (AvgIpc) is 2.85. The lowest BCUT2D eigenvalue weighted by atomic mass is 10.0. The SMILES string of the molecule is CN(Cc1ccc(OC(F)F)cc1)C(=O)C1CCCC1N. The van der Waals surface area contributed by atoms with Gasteiger partial charge >= 0.3 is 6.61 Å². The number of ether oxygens (including phenoxy) is 1. The van der Waals surface area contributed by atoms with Crippen LogP contribution in [0.4, 0.5) is 8.78 Å². The standard InChI is InChI=1S/C15H20F2N2O2/c1-19(14(20)12-3-2-4-13(12)18)9-10-5-7-11(8-6-10)21-15(16)17/h5-8,12-13,15H,2-4,9,18H2,1H3. The first-order valence-corrected chi connectivity index (χ1v) is 7.01. The van der Waals surface area contributed by atoms with Crippen molar-refractivity contribution in [3.63, 3.8) is 0 Å². The summed E-state index contributed by atoms with van der Waals surface area (Å²) in [6.45, 7) is -2.40. The van der Waals surface area contributed by atoms with E-state index in [0.29, 0.717) is 6.54 Å². The molecule has 0 spiro atoms. The van der Waals surface area contributed by atoms with Crippen LogP contribution in [0.15, 0.2) is 24.3 Å². The van der Waals surface area contributed by atoms with E-state index >= 15 is 0 Å². The maximum atomic E-state index is 12.3. The Hall–Kier alpha value is -1.69. The molecule has 1 aromatic rings. The Bertz CT molecular complexity index is 479. The fraction of sp³-hybridized carbons (Fsp3) is 0.533. The molecule has 2 atom stereocenters. The summed E-state index contributed by atoms with van der Waals surface area (Å²) in [5.74, 6) is 0.0601. The van der Waals surface area contributed by atoms with Crippen molar-refractivity contribution in [1.29, 1.82) is 0 Å². The molecule has 0 heterocycles. The van der Waals surface area contributed by atoms with Crippen LogP contribution in [0.25, 0.3) is 0 Å². The monoisotopic (exact) mass is 298 g/mol. The Morgan fingerprint density at radius 2 is 2.05 bits per heavy atom. The van der Waals surface area contributed by atoms with Crippen molar-refractivity contribution >= 4 is 5.91 Å². The second-order valence-corrected chi connectivity index (χ2v) is 5.42. The summed E-state index contributed by atoms with van der Waals surface area (Å²) in [5, 5.41) is 0. The second-order valence-electron chi connectivity index (χ2n) is 5.42.